The molecular weight excluding hydrogens is 548 g/mol. The van der Waals surface area contributed by atoms with Crippen molar-refractivity contribution in [3.8, 4) is 11.5 Å². The highest BCUT2D eigenvalue weighted by atomic mass is 32.1. The number of hydrogen-bond acceptors (Lipinski definition) is 8. The zero-order chi connectivity index (χ0) is 28.8. The number of ether oxygens (including phenoxy) is 2. The van der Waals surface area contributed by atoms with Gasteiger partial charge in [-0.2, -0.15) is 0 Å². The molecule has 210 valence electrons. The molecule has 0 aliphatic carbocycles. The average molecular weight is 581 g/mol. The fraction of sp³-hybridized carbons (Fsp3) is 0.357. The molecule has 4 amide bonds. The number of rotatable bonds is 13. The summed E-state index contributed by atoms with van der Waals surface area (Å²) in [5.74, 6) is 1.44. The van der Waals surface area contributed by atoms with Crippen LogP contribution in [0.2, 0.25) is 0 Å². The number of amides is 4. The van der Waals surface area contributed by atoms with Crippen molar-refractivity contribution < 1.29 is 19.1 Å². The van der Waals surface area contributed by atoms with Crippen LogP contribution in [0.3, 0.4) is 0 Å². The molecule has 2 aromatic rings. The molecule has 10 nitrogen and oxygen atoms in total. The van der Waals surface area contributed by atoms with Crippen molar-refractivity contribution in [1.82, 2.24) is 9.80 Å². The van der Waals surface area contributed by atoms with Gasteiger partial charge < -0.3 is 9.47 Å². The van der Waals surface area contributed by atoms with Crippen LogP contribution in [0.1, 0.15) is 39.5 Å². The summed E-state index contributed by atoms with van der Waals surface area (Å²) in [6, 6.07) is 13.4. The van der Waals surface area contributed by atoms with E-state index in [4.69, 9.17) is 44.7 Å². The minimum absolute atomic E-state index is 0.0212. The zero-order valence-electron chi connectivity index (χ0n) is 22.5. The van der Waals surface area contributed by atoms with E-state index in [0.717, 1.165) is 12.8 Å². The van der Waals surface area contributed by atoms with Crippen LogP contribution in [0, 0.1) is 10.8 Å². The quantitative estimate of drug-likeness (QED) is 0.227. The van der Waals surface area contributed by atoms with Crippen molar-refractivity contribution in [2.24, 2.45) is 0 Å². The number of thiocarbonyl (C=S) groups is 2. The maximum absolute atomic E-state index is 13.0. The SMILES string of the molecule is CCOc1ccc(N2C(=O)N(CCCCCCN3C(=N)C(=S)N(c4ccc(OCC)cc4)C3=O)C(=N)C2=S)cc1. The highest BCUT2D eigenvalue weighted by molar-refractivity contribution is 7.82. The number of hydrogen-bond donors (Lipinski definition) is 2. The van der Waals surface area contributed by atoms with Gasteiger partial charge in [0.2, 0.25) is 0 Å². The van der Waals surface area contributed by atoms with Crippen molar-refractivity contribution in [1.29, 1.82) is 10.8 Å². The van der Waals surface area contributed by atoms with Gasteiger partial charge in [-0.05, 0) is 75.2 Å². The number of unbranched alkanes of at least 4 members (excludes halogenated alkanes) is 3. The minimum atomic E-state index is -0.335. The molecular formula is C28H32N6O4S2. The first-order valence-corrected chi connectivity index (χ1v) is 14.0. The maximum Gasteiger partial charge on any atom is 0.335 e. The van der Waals surface area contributed by atoms with Crippen LogP contribution in [0.5, 0.6) is 11.5 Å². The van der Waals surface area contributed by atoms with Crippen molar-refractivity contribution in [2.75, 3.05) is 36.1 Å². The zero-order valence-corrected chi connectivity index (χ0v) is 24.1. The Morgan fingerprint density at radius 3 is 1.30 bits per heavy atom. The molecule has 0 bridgehead atoms. The van der Waals surface area contributed by atoms with Gasteiger partial charge in [-0.3, -0.25) is 20.6 Å². The topological polar surface area (TPSA) is 113 Å². The van der Waals surface area contributed by atoms with Crippen LogP contribution in [-0.4, -0.2) is 69.8 Å². The Bertz CT molecular complexity index is 1210. The number of anilines is 2. The van der Waals surface area contributed by atoms with Crippen LogP contribution in [0.25, 0.3) is 0 Å². The van der Waals surface area contributed by atoms with E-state index in [0.29, 0.717) is 62.0 Å². The Labute approximate surface area is 244 Å². The molecule has 2 aliphatic rings. The van der Waals surface area contributed by atoms with Gasteiger partial charge >= 0.3 is 12.1 Å². The second-order valence-electron chi connectivity index (χ2n) is 9.11. The number of carbonyl (C=O) groups excluding carboxylic acids is 2. The standard InChI is InChI=1S/C28H32N6O4S2/c1-3-37-21-13-9-19(10-14-21)33-25(39)23(29)31(27(33)35)17-7-5-6-8-18-32-24(30)26(40)34(28(32)36)20-11-15-22(16-12-20)38-4-2/h9-16,29-30H,3-8,17-18H2,1-2H3. The van der Waals surface area contributed by atoms with Gasteiger partial charge in [-0.15, -0.1) is 0 Å². The Hall–Kier alpha value is -3.90. The van der Waals surface area contributed by atoms with E-state index >= 15 is 0 Å². The summed E-state index contributed by atoms with van der Waals surface area (Å²) >= 11 is 10.8. The Morgan fingerprint density at radius 2 is 0.975 bits per heavy atom. The summed E-state index contributed by atoms with van der Waals surface area (Å²) in [6.45, 7) is 5.64. The molecule has 12 heteroatoms. The molecule has 2 N–H and O–H groups in total. The third-order valence-corrected chi connectivity index (χ3v) is 7.27. The fourth-order valence-corrected chi connectivity index (χ4v) is 5.12. The van der Waals surface area contributed by atoms with Gasteiger partial charge in [0.15, 0.2) is 21.6 Å². The normalized spacial score (nSPS) is 15.7. The molecule has 4 rings (SSSR count). The van der Waals surface area contributed by atoms with E-state index in [9.17, 15) is 9.59 Å². The summed E-state index contributed by atoms with van der Waals surface area (Å²) < 4.78 is 10.9. The van der Waals surface area contributed by atoms with Crippen molar-refractivity contribution in [3.63, 3.8) is 0 Å². The van der Waals surface area contributed by atoms with E-state index in [-0.39, 0.29) is 33.7 Å². The summed E-state index contributed by atoms with van der Waals surface area (Å²) in [7, 11) is 0. The van der Waals surface area contributed by atoms with Crippen LogP contribution in [0.4, 0.5) is 21.0 Å². The molecule has 40 heavy (non-hydrogen) atoms. The second-order valence-corrected chi connectivity index (χ2v) is 9.89. The fourth-order valence-electron chi connectivity index (χ4n) is 4.53. The second kappa shape index (κ2) is 13.0. The number of carbonyl (C=O) groups is 2. The van der Waals surface area contributed by atoms with Crippen molar-refractivity contribution in [3.05, 3.63) is 48.5 Å². The Kier molecular flexibility index (Phi) is 9.43. The average Bonchev–Trinajstić information content (AvgIpc) is 3.29. The van der Waals surface area contributed by atoms with Crippen LogP contribution < -0.4 is 19.3 Å². The first-order valence-electron chi connectivity index (χ1n) is 13.2. The molecule has 0 spiro atoms. The number of amidine groups is 2. The Balaban J connectivity index is 1.24. The molecule has 2 aliphatic heterocycles. The van der Waals surface area contributed by atoms with Gasteiger partial charge in [0.05, 0.1) is 24.6 Å². The monoisotopic (exact) mass is 580 g/mol. The third-order valence-electron chi connectivity index (χ3n) is 6.52. The molecule has 0 atom stereocenters. The molecule has 0 unspecified atom stereocenters. The molecule has 0 radical (unpaired) electrons. The highest BCUT2D eigenvalue weighted by Gasteiger charge is 2.40. The number of nitrogens with one attached hydrogen (secondary N) is 2. The largest absolute Gasteiger partial charge is 0.494 e. The van der Waals surface area contributed by atoms with Gasteiger partial charge in [0.1, 0.15) is 11.5 Å². The van der Waals surface area contributed by atoms with Crippen molar-refractivity contribution >= 4 is 69.5 Å². The van der Waals surface area contributed by atoms with Gasteiger partial charge in [-0.25, -0.2) is 19.4 Å². The molecule has 2 aromatic carbocycles. The Morgan fingerprint density at radius 1 is 0.625 bits per heavy atom. The number of nitrogens with zero attached hydrogens (tertiary/aromatic N) is 4. The summed E-state index contributed by atoms with van der Waals surface area (Å²) in [4.78, 5) is 31.9. The maximum atomic E-state index is 13.0. The third kappa shape index (κ3) is 5.97. The summed E-state index contributed by atoms with van der Waals surface area (Å²) in [5, 5.41) is 16.7. The van der Waals surface area contributed by atoms with Crippen LogP contribution in [0.15, 0.2) is 48.5 Å². The van der Waals surface area contributed by atoms with Crippen LogP contribution in [-0.2, 0) is 0 Å². The number of urea groups is 2. The van der Waals surface area contributed by atoms with Gasteiger partial charge in [0, 0.05) is 13.1 Å². The van der Waals surface area contributed by atoms with E-state index < -0.39 is 0 Å². The summed E-state index contributed by atoms with van der Waals surface area (Å²) in [5.41, 5.74) is 1.20. The first-order chi connectivity index (χ1) is 19.3. The minimum Gasteiger partial charge on any atom is -0.494 e. The lowest BCUT2D eigenvalue weighted by Gasteiger charge is -2.18. The molecule has 2 saturated heterocycles. The lowest BCUT2D eigenvalue weighted by Crippen LogP contribution is -2.34. The lowest BCUT2D eigenvalue weighted by molar-refractivity contribution is 0.230. The van der Waals surface area contributed by atoms with E-state index in [1.807, 2.05) is 13.8 Å². The van der Waals surface area contributed by atoms with E-state index in [1.165, 1.54) is 19.6 Å². The van der Waals surface area contributed by atoms with Gasteiger partial charge in [-0.1, -0.05) is 37.3 Å². The van der Waals surface area contributed by atoms with E-state index in [2.05, 4.69) is 0 Å². The van der Waals surface area contributed by atoms with Crippen molar-refractivity contribution in [2.45, 2.75) is 39.5 Å². The highest BCUT2D eigenvalue weighted by Crippen LogP contribution is 2.27. The van der Waals surface area contributed by atoms with Gasteiger partial charge in [0.25, 0.3) is 0 Å². The van der Waals surface area contributed by atoms with E-state index in [1.54, 1.807) is 48.5 Å². The predicted octanol–water partition coefficient (Wildman–Crippen LogP) is 5.84. The molecule has 0 aromatic heterocycles. The molecule has 0 saturated carbocycles. The smallest absolute Gasteiger partial charge is 0.335 e. The predicted molar refractivity (Wildman–Crippen MR) is 164 cm³/mol. The lowest BCUT2D eigenvalue weighted by atomic mass is 10.2. The molecule has 2 heterocycles. The van der Waals surface area contributed by atoms with Crippen LogP contribution >= 0.6 is 24.4 Å². The number of benzene rings is 2. The molecule has 2 fully saturated rings. The summed E-state index contributed by atoms with van der Waals surface area (Å²) in [6.07, 6.45) is 2.93. The first kappa shape index (κ1) is 29.1.